The Bertz CT molecular complexity index is 709. The number of amides is 2. The molecule has 2 rings (SSSR count). The molecule has 134 valence electrons. The molecule has 0 aliphatic carbocycles. The molecule has 6 heteroatoms. The number of likely N-dealkylation sites (tertiary alicyclic amines) is 1. The van der Waals surface area contributed by atoms with Crippen molar-refractivity contribution in [1.29, 1.82) is 0 Å². The molecule has 1 aromatic carbocycles. The topological polar surface area (TPSA) is 49.4 Å². The summed E-state index contributed by atoms with van der Waals surface area (Å²) in [6.45, 7) is 8.33. The van der Waals surface area contributed by atoms with Crippen LogP contribution < -0.4 is 5.32 Å². The summed E-state index contributed by atoms with van der Waals surface area (Å²) in [5, 5.41) is 2.88. The van der Waals surface area contributed by atoms with Gasteiger partial charge in [0.05, 0.1) is 0 Å². The van der Waals surface area contributed by atoms with Crippen LogP contribution in [0.5, 0.6) is 0 Å². The van der Waals surface area contributed by atoms with Crippen LogP contribution in [0.1, 0.15) is 25.8 Å². The van der Waals surface area contributed by atoms with Gasteiger partial charge in [-0.05, 0) is 56.0 Å². The van der Waals surface area contributed by atoms with Crippen molar-refractivity contribution < 1.29 is 18.4 Å². The summed E-state index contributed by atoms with van der Waals surface area (Å²) in [6.07, 6.45) is 3.58. The zero-order valence-electron chi connectivity index (χ0n) is 14.4. The molecule has 25 heavy (non-hydrogen) atoms. The van der Waals surface area contributed by atoms with E-state index >= 15 is 0 Å². The number of hydrogen-bond donors (Lipinski definition) is 1. The van der Waals surface area contributed by atoms with Gasteiger partial charge in [-0.1, -0.05) is 12.6 Å². The third-order valence-electron chi connectivity index (χ3n) is 4.19. The number of halogens is 2. The van der Waals surface area contributed by atoms with E-state index in [9.17, 15) is 18.4 Å². The van der Waals surface area contributed by atoms with Crippen LogP contribution in [0, 0.1) is 17.6 Å². The van der Waals surface area contributed by atoms with Gasteiger partial charge < -0.3 is 10.2 Å². The Labute approximate surface area is 146 Å². The molecule has 1 atom stereocenters. The van der Waals surface area contributed by atoms with E-state index in [1.807, 2.05) is 6.92 Å². The van der Waals surface area contributed by atoms with Gasteiger partial charge in [-0.2, -0.15) is 0 Å². The Morgan fingerprint density at radius 2 is 2.04 bits per heavy atom. The molecule has 0 saturated carbocycles. The van der Waals surface area contributed by atoms with Gasteiger partial charge in [0.2, 0.25) is 11.8 Å². The summed E-state index contributed by atoms with van der Waals surface area (Å²) in [5.41, 5.74) is 0.840. The standard InChI is InChI=1S/C19H22F2N2O2/c1-4-18(24)23-10-15(11-23)8-13(3)22-19(25)12(2)7-14-5-6-16(20)17(21)9-14/h4-7,9,13,15H,1,8,10-11H2,2-3H3,(H,22,25)/b12-7+. The second-order valence-corrected chi connectivity index (χ2v) is 6.42. The van der Waals surface area contributed by atoms with Gasteiger partial charge in [0.1, 0.15) is 0 Å². The molecule has 0 radical (unpaired) electrons. The third kappa shape index (κ3) is 4.98. The lowest BCUT2D eigenvalue weighted by Crippen LogP contribution is -2.51. The minimum atomic E-state index is -0.945. The SMILES string of the molecule is C=CC(=O)N1CC(CC(C)NC(=O)/C(C)=C/c2ccc(F)c(F)c2)C1. The molecule has 1 fully saturated rings. The zero-order valence-corrected chi connectivity index (χ0v) is 14.4. The van der Waals surface area contributed by atoms with Crippen molar-refractivity contribution in [2.75, 3.05) is 13.1 Å². The predicted molar refractivity (Wildman–Crippen MR) is 92.5 cm³/mol. The van der Waals surface area contributed by atoms with E-state index in [0.717, 1.165) is 18.6 Å². The van der Waals surface area contributed by atoms with Crippen LogP contribution in [0.4, 0.5) is 8.78 Å². The summed E-state index contributed by atoms with van der Waals surface area (Å²) in [6, 6.07) is 3.45. The monoisotopic (exact) mass is 348 g/mol. The Kier molecular flexibility index (Phi) is 6.07. The summed E-state index contributed by atoms with van der Waals surface area (Å²) < 4.78 is 26.1. The molecule has 1 saturated heterocycles. The van der Waals surface area contributed by atoms with Crippen molar-refractivity contribution >= 4 is 17.9 Å². The quantitative estimate of drug-likeness (QED) is 0.804. The van der Waals surface area contributed by atoms with Gasteiger partial charge >= 0.3 is 0 Å². The van der Waals surface area contributed by atoms with E-state index in [4.69, 9.17) is 0 Å². The second-order valence-electron chi connectivity index (χ2n) is 6.42. The fraction of sp³-hybridized carbons (Fsp3) is 0.368. The fourth-order valence-corrected chi connectivity index (χ4v) is 2.84. The van der Waals surface area contributed by atoms with Crippen molar-refractivity contribution in [2.24, 2.45) is 5.92 Å². The van der Waals surface area contributed by atoms with E-state index in [0.29, 0.717) is 30.1 Å². The Balaban J connectivity index is 1.84. The average Bonchev–Trinajstić information content (AvgIpc) is 2.53. The molecule has 0 spiro atoms. The number of nitrogens with one attached hydrogen (secondary N) is 1. The lowest BCUT2D eigenvalue weighted by molar-refractivity contribution is -0.132. The van der Waals surface area contributed by atoms with Crippen LogP contribution in [-0.4, -0.2) is 35.8 Å². The molecule has 1 N–H and O–H groups in total. The van der Waals surface area contributed by atoms with E-state index < -0.39 is 11.6 Å². The number of carbonyl (C=O) groups excluding carboxylic acids is 2. The predicted octanol–water partition coefficient (Wildman–Crippen LogP) is 2.91. The first-order valence-corrected chi connectivity index (χ1v) is 8.15. The number of benzene rings is 1. The van der Waals surface area contributed by atoms with Crippen molar-refractivity contribution in [3.8, 4) is 0 Å². The molecule has 0 bridgehead atoms. The Morgan fingerprint density at radius 3 is 2.64 bits per heavy atom. The van der Waals surface area contributed by atoms with E-state index in [-0.39, 0.29) is 17.9 Å². The number of carbonyl (C=O) groups is 2. The van der Waals surface area contributed by atoms with E-state index in [2.05, 4.69) is 11.9 Å². The van der Waals surface area contributed by atoms with Gasteiger partial charge in [-0.3, -0.25) is 9.59 Å². The molecule has 1 aliphatic heterocycles. The smallest absolute Gasteiger partial charge is 0.247 e. The Hall–Kier alpha value is -2.50. The highest BCUT2D eigenvalue weighted by Crippen LogP contribution is 2.21. The maximum atomic E-state index is 13.2. The van der Waals surface area contributed by atoms with Crippen LogP contribution in [0.3, 0.4) is 0 Å². The summed E-state index contributed by atoms with van der Waals surface area (Å²) >= 11 is 0. The first-order valence-electron chi connectivity index (χ1n) is 8.15. The highest BCUT2D eigenvalue weighted by molar-refractivity contribution is 5.97. The Morgan fingerprint density at radius 1 is 1.36 bits per heavy atom. The maximum Gasteiger partial charge on any atom is 0.247 e. The lowest BCUT2D eigenvalue weighted by Gasteiger charge is -2.40. The summed E-state index contributed by atoms with van der Waals surface area (Å²) in [5.74, 6) is -1.83. The van der Waals surface area contributed by atoms with Crippen LogP contribution in [0.25, 0.3) is 6.08 Å². The minimum absolute atomic E-state index is 0.0493. The minimum Gasteiger partial charge on any atom is -0.350 e. The molecule has 1 heterocycles. The summed E-state index contributed by atoms with van der Waals surface area (Å²) in [7, 11) is 0. The highest BCUT2D eigenvalue weighted by Gasteiger charge is 2.30. The van der Waals surface area contributed by atoms with Crippen molar-refractivity contribution in [3.63, 3.8) is 0 Å². The first-order chi connectivity index (χ1) is 11.8. The van der Waals surface area contributed by atoms with Crippen molar-refractivity contribution in [2.45, 2.75) is 26.3 Å². The summed E-state index contributed by atoms with van der Waals surface area (Å²) in [4.78, 5) is 25.3. The van der Waals surface area contributed by atoms with Crippen molar-refractivity contribution in [1.82, 2.24) is 10.2 Å². The average molecular weight is 348 g/mol. The first kappa shape index (κ1) is 18.8. The zero-order chi connectivity index (χ0) is 18.6. The molecular weight excluding hydrogens is 326 g/mol. The van der Waals surface area contributed by atoms with Gasteiger partial charge in [-0.25, -0.2) is 8.78 Å². The van der Waals surface area contributed by atoms with Gasteiger partial charge in [0.25, 0.3) is 0 Å². The van der Waals surface area contributed by atoms with Gasteiger partial charge in [-0.15, -0.1) is 0 Å². The largest absolute Gasteiger partial charge is 0.350 e. The van der Waals surface area contributed by atoms with E-state index in [1.165, 1.54) is 18.2 Å². The normalized spacial score (nSPS) is 16.2. The maximum absolute atomic E-state index is 13.2. The van der Waals surface area contributed by atoms with E-state index in [1.54, 1.807) is 11.8 Å². The molecule has 0 aromatic heterocycles. The van der Waals surface area contributed by atoms with Crippen molar-refractivity contribution in [3.05, 3.63) is 53.6 Å². The number of nitrogens with zero attached hydrogens (tertiary/aromatic N) is 1. The molecule has 2 amide bonds. The number of hydrogen-bond acceptors (Lipinski definition) is 2. The van der Waals surface area contributed by atoms with Crippen LogP contribution >= 0.6 is 0 Å². The number of rotatable bonds is 6. The van der Waals surface area contributed by atoms with Crippen LogP contribution in [0.2, 0.25) is 0 Å². The molecule has 1 aliphatic rings. The lowest BCUT2D eigenvalue weighted by atomic mass is 9.92. The molecule has 4 nitrogen and oxygen atoms in total. The highest BCUT2D eigenvalue weighted by atomic mass is 19.2. The molecule has 1 aromatic rings. The van der Waals surface area contributed by atoms with Crippen LogP contribution in [0.15, 0.2) is 36.4 Å². The second kappa shape index (κ2) is 8.05. The van der Waals surface area contributed by atoms with Gasteiger partial charge in [0, 0.05) is 24.7 Å². The third-order valence-corrected chi connectivity index (χ3v) is 4.19. The fourth-order valence-electron chi connectivity index (χ4n) is 2.84. The van der Waals surface area contributed by atoms with Gasteiger partial charge in [0.15, 0.2) is 11.6 Å². The molecule has 1 unspecified atom stereocenters. The van der Waals surface area contributed by atoms with Crippen LogP contribution in [-0.2, 0) is 9.59 Å². The molecular formula is C19H22F2N2O2.